The van der Waals surface area contributed by atoms with E-state index in [1.165, 1.54) is 0 Å². The average Bonchev–Trinajstić information content (AvgIpc) is 2.68. The van der Waals surface area contributed by atoms with Crippen LogP contribution in [0.2, 0.25) is 0 Å². The van der Waals surface area contributed by atoms with Crippen molar-refractivity contribution in [3.8, 4) is 0 Å². The van der Waals surface area contributed by atoms with Gasteiger partial charge >= 0.3 is 12.0 Å². The quantitative estimate of drug-likeness (QED) is 0.403. The smallest absolute Gasteiger partial charge is 0.337 e. The third-order valence-electron chi connectivity index (χ3n) is 4.46. The van der Waals surface area contributed by atoms with Gasteiger partial charge in [0, 0.05) is 12.2 Å². The van der Waals surface area contributed by atoms with Gasteiger partial charge < -0.3 is 20.7 Å². The third-order valence-corrected chi connectivity index (χ3v) is 4.46. The molecule has 1 heterocycles. The molecule has 0 aromatic heterocycles. The fourth-order valence-corrected chi connectivity index (χ4v) is 3.17. The number of anilines is 1. The zero-order chi connectivity index (χ0) is 23.1. The monoisotopic (exact) mass is 442 g/mol. The predicted octanol–water partition coefficient (Wildman–Crippen LogP) is 2.27. The highest BCUT2D eigenvalue weighted by molar-refractivity contribution is 5.95. The van der Waals surface area contributed by atoms with Crippen LogP contribution in [0.3, 0.4) is 0 Å². The summed E-state index contributed by atoms with van der Waals surface area (Å²) in [5, 5.41) is 7.36. The van der Waals surface area contributed by atoms with Gasteiger partial charge in [0.05, 0.1) is 30.5 Å². The van der Waals surface area contributed by atoms with E-state index < -0.39 is 47.1 Å². The Labute approximate surface area is 177 Å². The van der Waals surface area contributed by atoms with Crippen LogP contribution >= 0.6 is 0 Å². The number of halogens is 3. The standard InChI is InChI=1S/C20H25F3N4O4/c1-4-8-27(10-15(28)25-13-7-6-12(21)17(22)18(13)23)9-14-16(19(29)31-5-2)11(3)24-20(30)26-14/h6-7,11H,4-5,8-10H2,1-3H3,(H,25,28)(H2,24,26,30)/t11-/m0/s1. The normalized spacial score (nSPS) is 16.1. The van der Waals surface area contributed by atoms with Crippen LogP contribution in [-0.4, -0.2) is 55.1 Å². The van der Waals surface area contributed by atoms with Crippen LogP contribution in [0, 0.1) is 17.5 Å². The number of carbonyl (C=O) groups is 3. The molecule has 31 heavy (non-hydrogen) atoms. The molecule has 0 saturated heterocycles. The Morgan fingerprint density at radius 3 is 2.55 bits per heavy atom. The van der Waals surface area contributed by atoms with Crippen molar-refractivity contribution < 1.29 is 32.3 Å². The Balaban J connectivity index is 2.19. The molecule has 1 aliphatic heterocycles. The van der Waals surface area contributed by atoms with Crippen LogP contribution in [-0.2, 0) is 14.3 Å². The maximum atomic E-state index is 13.8. The minimum Gasteiger partial charge on any atom is -0.463 e. The molecule has 3 amide bonds. The molecular weight excluding hydrogens is 417 g/mol. The van der Waals surface area contributed by atoms with Gasteiger partial charge in [-0.2, -0.15) is 0 Å². The second-order valence-corrected chi connectivity index (χ2v) is 6.91. The van der Waals surface area contributed by atoms with E-state index in [1.807, 2.05) is 6.92 Å². The van der Waals surface area contributed by atoms with E-state index in [0.29, 0.717) is 19.0 Å². The summed E-state index contributed by atoms with van der Waals surface area (Å²) in [5.41, 5.74) is 0.0279. The molecule has 1 atom stereocenters. The topological polar surface area (TPSA) is 99.8 Å². The number of benzene rings is 1. The second-order valence-electron chi connectivity index (χ2n) is 6.91. The summed E-state index contributed by atoms with van der Waals surface area (Å²) in [7, 11) is 0. The summed E-state index contributed by atoms with van der Waals surface area (Å²) in [6, 6.07) is 0.531. The highest BCUT2D eigenvalue weighted by Crippen LogP contribution is 2.20. The molecule has 0 unspecified atom stereocenters. The fourth-order valence-electron chi connectivity index (χ4n) is 3.17. The highest BCUT2D eigenvalue weighted by atomic mass is 19.2. The summed E-state index contributed by atoms with van der Waals surface area (Å²) >= 11 is 0. The number of esters is 1. The maximum absolute atomic E-state index is 13.8. The van der Waals surface area contributed by atoms with Gasteiger partial charge in [0.2, 0.25) is 5.91 Å². The van der Waals surface area contributed by atoms with Gasteiger partial charge in [-0.1, -0.05) is 6.92 Å². The SMILES string of the molecule is CCCN(CC(=O)Nc1ccc(F)c(F)c1F)CC1=C(C(=O)OCC)[C@H](C)NC(=O)N1. The average molecular weight is 442 g/mol. The van der Waals surface area contributed by atoms with E-state index >= 15 is 0 Å². The first-order valence-electron chi connectivity index (χ1n) is 9.81. The molecule has 1 aromatic rings. The molecule has 11 heteroatoms. The van der Waals surface area contributed by atoms with E-state index in [0.717, 1.165) is 6.07 Å². The number of rotatable bonds is 9. The number of carbonyl (C=O) groups excluding carboxylic acids is 3. The molecule has 0 fully saturated rings. The Morgan fingerprint density at radius 2 is 1.90 bits per heavy atom. The number of ether oxygens (including phenoxy) is 1. The second kappa shape index (κ2) is 10.8. The lowest BCUT2D eigenvalue weighted by atomic mass is 10.0. The van der Waals surface area contributed by atoms with E-state index in [2.05, 4.69) is 16.0 Å². The molecule has 0 aliphatic carbocycles. The van der Waals surface area contributed by atoms with E-state index in [-0.39, 0.29) is 31.0 Å². The molecule has 0 saturated carbocycles. The maximum Gasteiger partial charge on any atom is 0.337 e. The first-order chi connectivity index (χ1) is 14.7. The summed E-state index contributed by atoms with van der Waals surface area (Å²) in [6.07, 6.45) is 0.636. The van der Waals surface area contributed by atoms with Gasteiger partial charge in [0.15, 0.2) is 17.5 Å². The molecular formula is C20H25F3N4O4. The predicted molar refractivity (Wildman–Crippen MR) is 106 cm³/mol. The van der Waals surface area contributed by atoms with Gasteiger partial charge in [0.25, 0.3) is 0 Å². The summed E-state index contributed by atoms with van der Waals surface area (Å²) < 4.78 is 45.3. The van der Waals surface area contributed by atoms with E-state index in [4.69, 9.17) is 4.74 Å². The Hall–Kier alpha value is -3.08. The Bertz CT molecular complexity index is 891. The molecule has 1 aliphatic rings. The lowest BCUT2D eigenvalue weighted by Gasteiger charge is -2.30. The lowest BCUT2D eigenvalue weighted by Crippen LogP contribution is -2.51. The Morgan fingerprint density at radius 1 is 1.19 bits per heavy atom. The minimum atomic E-state index is -1.68. The Kier molecular flexibility index (Phi) is 8.43. The van der Waals surface area contributed by atoms with Crippen LogP contribution in [0.1, 0.15) is 27.2 Å². The van der Waals surface area contributed by atoms with Gasteiger partial charge in [-0.3, -0.25) is 9.69 Å². The van der Waals surface area contributed by atoms with Crippen LogP contribution in [0.5, 0.6) is 0 Å². The van der Waals surface area contributed by atoms with Gasteiger partial charge in [-0.05, 0) is 38.9 Å². The van der Waals surface area contributed by atoms with E-state index in [9.17, 15) is 27.6 Å². The molecule has 0 radical (unpaired) electrons. The first kappa shape index (κ1) is 24.2. The number of nitrogens with one attached hydrogen (secondary N) is 3. The minimum absolute atomic E-state index is 0.0351. The van der Waals surface area contributed by atoms with Crippen molar-refractivity contribution in [3.63, 3.8) is 0 Å². The number of hydrogen-bond donors (Lipinski definition) is 3. The van der Waals surface area contributed by atoms with Gasteiger partial charge in [-0.25, -0.2) is 22.8 Å². The van der Waals surface area contributed by atoms with Crippen molar-refractivity contribution in [2.75, 3.05) is 31.6 Å². The zero-order valence-electron chi connectivity index (χ0n) is 17.5. The van der Waals surface area contributed by atoms with Crippen LogP contribution < -0.4 is 16.0 Å². The number of amides is 3. The van der Waals surface area contributed by atoms with Crippen LogP contribution in [0.4, 0.5) is 23.7 Å². The number of hydrogen-bond acceptors (Lipinski definition) is 5. The summed E-state index contributed by atoms with van der Waals surface area (Å²) in [6.45, 7) is 5.50. The van der Waals surface area contributed by atoms with Crippen LogP contribution in [0.25, 0.3) is 0 Å². The zero-order valence-corrected chi connectivity index (χ0v) is 17.5. The van der Waals surface area contributed by atoms with Gasteiger partial charge in [-0.15, -0.1) is 0 Å². The summed E-state index contributed by atoms with van der Waals surface area (Å²) in [4.78, 5) is 38.3. The first-order valence-corrected chi connectivity index (χ1v) is 9.81. The van der Waals surface area contributed by atoms with Crippen molar-refractivity contribution in [1.29, 1.82) is 0 Å². The highest BCUT2D eigenvalue weighted by Gasteiger charge is 2.30. The summed E-state index contributed by atoms with van der Waals surface area (Å²) in [5.74, 6) is -5.81. The molecule has 170 valence electrons. The molecule has 8 nitrogen and oxygen atoms in total. The third kappa shape index (κ3) is 6.20. The number of urea groups is 1. The van der Waals surface area contributed by atoms with Crippen LogP contribution in [0.15, 0.2) is 23.4 Å². The largest absolute Gasteiger partial charge is 0.463 e. The van der Waals surface area contributed by atoms with E-state index in [1.54, 1.807) is 18.7 Å². The fraction of sp³-hybridized carbons (Fsp3) is 0.450. The van der Waals surface area contributed by atoms with Crippen molar-refractivity contribution in [1.82, 2.24) is 15.5 Å². The molecule has 0 spiro atoms. The molecule has 1 aromatic carbocycles. The van der Waals surface area contributed by atoms with Crippen molar-refractivity contribution in [2.45, 2.75) is 33.2 Å². The molecule has 3 N–H and O–H groups in total. The van der Waals surface area contributed by atoms with Crippen molar-refractivity contribution >= 4 is 23.6 Å². The lowest BCUT2D eigenvalue weighted by molar-refractivity contribution is -0.139. The van der Waals surface area contributed by atoms with Gasteiger partial charge in [0.1, 0.15) is 0 Å². The molecule has 0 bridgehead atoms. The number of nitrogens with zero attached hydrogens (tertiary/aromatic N) is 1. The van der Waals surface area contributed by atoms with Crippen molar-refractivity contribution in [3.05, 3.63) is 40.9 Å². The van der Waals surface area contributed by atoms with Crippen molar-refractivity contribution in [2.24, 2.45) is 0 Å². The molecule has 2 rings (SSSR count).